The van der Waals surface area contributed by atoms with Crippen molar-refractivity contribution in [2.75, 3.05) is 11.9 Å². The molecule has 3 N–H and O–H groups in total. The average Bonchev–Trinajstić information content (AvgIpc) is 2.57. The molecule has 0 aromatic heterocycles. The number of phenols is 1. The molecule has 0 aliphatic carbocycles. The molecule has 0 radical (unpaired) electrons. The molecule has 2 aromatic carbocycles. The van der Waals surface area contributed by atoms with E-state index in [4.69, 9.17) is 0 Å². The van der Waals surface area contributed by atoms with Crippen LogP contribution in [0.15, 0.2) is 42.5 Å². The van der Waals surface area contributed by atoms with Gasteiger partial charge in [0.25, 0.3) is 0 Å². The van der Waals surface area contributed by atoms with Gasteiger partial charge in [0.15, 0.2) is 0 Å². The quantitative estimate of drug-likeness (QED) is 0.751. The first-order chi connectivity index (χ1) is 11.9. The van der Waals surface area contributed by atoms with E-state index in [1.807, 2.05) is 12.1 Å². The van der Waals surface area contributed by atoms with Gasteiger partial charge < -0.3 is 15.5 Å². The lowest BCUT2D eigenvalue weighted by molar-refractivity contribution is 0.263. The maximum Gasteiger partial charge on any atom is 0.115 e. The van der Waals surface area contributed by atoms with Crippen LogP contribution in [0.1, 0.15) is 56.3 Å². The van der Waals surface area contributed by atoms with Crippen molar-refractivity contribution in [3.05, 3.63) is 59.2 Å². The van der Waals surface area contributed by atoms with Gasteiger partial charge in [0.05, 0.1) is 6.04 Å². The minimum atomic E-state index is 0.137. The Bertz CT molecular complexity index is 733. The van der Waals surface area contributed by atoms with Crippen molar-refractivity contribution in [2.24, 2.45) is 5.92 Å². The monoisotopic (exact) mass is 339 g/mol. The molecule has 3 nitrogen and oxygen atoms in total. The van der Waals surface area contributed by atoms with E-state index in [2.05, 4.69) is 50.4 Å². The van der Waals surface area contributed by atoms with E-state index in [0.29, 0.717) is 11.7 Å². The first-order valence-electron chi connectivity index (χ1n) is 9.18. The summed E-state index contributed by atoms with van der Waals surface area (Å²) in [5.41, 5.74) is 5.13. The lowest BCUT2D eigenvalue weighted by Gasteiger charge is -2.36. The Morgan fingerprint density at radius 2 is 1.92 bits per heavy atom. The third-order valence-corrected chi connectivity index (χ3v) is 5.20. The maximum atomic E-state index is 9.86. The number of fused-ring (bicyclic) bond motifs is 1. The van der Waals surface area contributed by atoms with Crippen LogP contribution in [0.4, 0.5) is 5.69 Å². The van der Waals surface area contributed by atoms with Gasteiger partial charge in [0, 0.05) is 12.3 Å². The highest BCUT2D eigenvalue weighted by atomic mass is 16.3. The molecule has 1 aliphatic rings. The molecular weight excluding hydrogens is 310 g/mol. The smallest absolute Gasteiger partial charge is 0.115 e. The summed E-state index contributed by atoms with van der Waals surface area (Å²) in [7, 11) is 0. The molecule has 0 amide bonds. The van der Waals surface area contributed by atoms with Crippen LogP contribution in [0, 0.1) is 5.92 Å². The van der Waals surface area contributed by atoms with Gasteiger partial charge in [-0.15, -0.1) is 0 Å². The summed E-state index contributed by atoms with van der Waals surface area (Å²) in [5.74, 6) is 0.700. The second kappa shape index (κ2) is 7.09. The number of hydrogen-bond donors (Lipinski definition) is 3. The number of aliphatic hydroxyl groups excluding tert-OH is 1. The molecule has 0 saturated carbocycles. The molecule has 134 valence electrons. The number of anilines is 1. The Hall–Kier alpha value is -2.00. The molecule has 1 aliphatic heterocycles. The molecule has 3 heteroatoms. The molecule has 3 rings (SSSR count). The predicted molar refractivity (Wildman–Crippen MR) is 103 cm³/mol. The van der Waals surface area contributed by atoms with Crippen LogP contribution in [0.3, 0.4) is 0 Å². The summed E-state index contributed by atoms with van der Waals surface area (Å²) in [5, 5.41) is 22.8. The fourth-order valence-electron chi connectivity index (χ4n) is 3.75. The summed E-state index contributed by atoms with van der Waals surface area (Å²) in [6.45, 7) is 6.94. The Kier molecular flexibility index (Phi) is 5.05. The van der Waals surface area contributed by atoms with Crippen LogP contribution in [-0.4, -0.2) is 16.8 Å². The van der Waals surface area contributed by atoms with Crippen LogP contribution in [0.2, 0.25) is 0 Å². The fourth-order valence-corrected chi connectivity index (χ4v) is 3.75. The molecule has 2 unspecified atom stereocenters. The van der Waals surface area contributed by atoms with Crippen molar-refractivity contribution >= 4 is 5.69 Å². The van der Waals surface area contributed by atoms with E-state index in [0.717, 1.165) is 24.8 Å². The lowest BCUT2D eigenvalue weighted by Crippen LogP contribution is -2.28. The number of phenolic OH excluding ortho intramolecular Hbond substituents is 1. The Morgan fingerprint density at radius 1 is 1.12 bits per heavy atom. The summed E-state index contributed by atoms with van der Waals surface area (Å²) < 4.78 is 0. The number of nitrogens with one attached hydrogen (secondary N) is 1. The van der Waals surface area contributed by atoms with E-state index in [1.54, 1.807) is 6.07 Å². The molecule has 2 atom stereocenters. The van der Waals surface area contributed by atoms with Crippen LogP contribution in [0.25, 0.3) is 0 Å². The van der Waals surface area contributed by atoms with Gasteiger partial charge in [-0.1, -0.05) is 45.0 Å². The molecule has 0 bridgehead atoms. The van der Waals surface area contributed by atoms with Gasteiger partial charge in [0.1, 0.15) is 5.75 Å². The van der Waals surface area contributed by atoms with Crippen LogP contribution >= 0.6 is 0 Å². The second-order valence-corrected chi connectivity index (χ2v) is 8.17. The number of aromatic hydroxyl groups is 1. The van der Waals surface area contributed by atoms with E-state index in [-0.39, 0.29) is 18.1 Å². The van der Waals surface area contributed by atoms with Crippen molar-refractivity contribution in [3.8, 4) is 5.75 Å². The van der Waals surface area contributed by atoms with Crippen molar-refractivity contribution in [3.63, 3.8) is 0 Å². The zero-order valence-electron chi connectivity index (χ0n) is 15.4. The summed E-state index contributed by atoms with van der Waals surface area (Å²) in [4.78, 5) is 0. The van der Waals surface area contributed by atoms with Gasteiger partial charge in [-0.05, 0) is 65.5 Å². The zero-order valence-corrected chi connectivity index (χ0v) is 15.4. The highest BCUT2D eigenvalue weighted by molar-refractivity contribution is 5.57. The SMILES string of the molecule is CC(C)(C)c1ccc2c(c1)CC(CCCO)C(c1cccc(O)c1)N2. The van der Waals surface area contributed by atoms with Crippen molar-refractivity contribution < 1.29 is 10.2 Å². The van der Waals surface area contributed by atoms with Crippen LogP contribution < -0.4 is 5.32 Å². The molecular formula is C22H29NO2. The third-order valence-electron chi connectivity index (χ3n) is 5.20. The minimum absolute atomic E-state index is 0.137. The Morgan fingerprint density at radius 3 is 2.60 bits per heavy atom. The number of rotatable bonds is 4. The normalized spacial score (nSPS) is 20.0. The first kappa shape index (κ1) is 17.8. The second-order valence-electron chi connectivity index (χ2n) is 8.17. The van der Waals surface area contributed by atoms with Crippen molar-refractivity contribution in [1.29, 1.82) is 0 Å². The van der Waals surface area contributed by atoms with Crippen LogP contribution in [-0.2, 0) is 11.8 Å². The molecule has 0 spiro atoms. The summed E-state index contributed by atoms with van der Waals surface area (Å²) in [6, 6.07) is 14.4. The molecule has 25 heavy (non-hydrogen) atoms. The summed E-state index contributed by atoms with van der Waals surface area (Å²) in [6.07, 6.45) is 2.76. The van der Waals surface area contributed by atoms with Gasteiger partial charge in [0.2, 0.25) is 0 Å². The van der Waals surface area contributed by atoms with Gasteiger partial charge in [-0.25, -0.2) is 0 Å². The van der Waals surface area contributed by atoms with E-state index >= 15 is 0 Å². The predicted octanol–water partition coefficient (Wildman–Crippen LogP) is 4.79. The number of benzene rings is 2. The standard InChI is InChI=1S/C22H29NO2/c1-22(2,3)18-9-10-20-17(13-18)12-15(7-5-11-24)21(23-20)16-6-4-8-19(25)14-16/h4,6,8-10,13-15,21,23-25H,5,7,11-12H2,1-3H3. The Balaban J connectivity index is 1.95. The largest absolute Gasteiger partial charge is 0.508 e. The Labute approximate surface area is 150 Å². The maximum absolute atomic E-state index is 9.86. The minimum Gasteiger partial charge on any atom is -0.508 e. The van der Waals surface area contributed by atoms with Gasteiger partial charge in [-0.2, -0.15) is 0 Å². The van der Waals surface area contributed by atoms with Gasteiger partial charge in [-0.3, -0.25) is 0 Å². The van der Waals surface area contributed by atoms with E-state index < -0.39 is 0 Å². The number of aliphatic hydroxyl groups is 1. The number of hydrogen-bond acceptors (Lipinski definition) is 3. The molecule has 1 heterocycles. The van der Waals surface area contributed by atoms with E-state index in [9.17, 15) is 10.2 Å². The van der Waals surface area contributed by atoms with Gasteiger partial charge >= 0.3 is 0 Å². The third kappa shape index (κ3) is 3.98. The molecule has 0 fully saturated rings. The highest BCUT2D eigenvalue weighted by Gasteiger charge is 2.30. The van der Waals surface area contributed by atoms with E-state index in [1.165, 1.54) is 16.8 Å². The summed E-state index contributed by atoms with van der Waals surface area (Å²) >= 11 is 0. The zero-order chi connectivity index (χ0) is 18.0. The molecule has 2 aromatic rings. The first-order valence-corrected chi connectivity index (χ1v) is 9.18. The van der Waals surface area contributed by atoms with Crippen molar-refractivity contribution in [1.82, 2.24) is 0 Å². The fraction of sp³-hybridized carbons (Fsp3) is 0.455. The lowest BCUT2D eigenvalue weighted by atomic mass is 9.78. The topological polar surface area (TPSA) is 52.5 Å². The van der Waals surface area contributed by atoms with Crippen molar-refractivity contribution in [2.45, 2.75) is 51.5 Å². The molecule has 0 saturated heterocycles. The average molecular weight is 339 g/mol. The van der Waals surface area contributed by atoms with Crippen LogP contribution in [0.5, 0.6) is 5.75 Å². The highest BCUT2D eigenvalue weighted by Crippen LogP contribution is 2.41.